The number of hydrogen-bond donors (Lipinski definition) is 1. The van der Waals surface area contributed by atoms with Crippen LogP contribution in [-0.4, -0.2) is 27.2 Å². The zero-order chi connectivity index (χ0) is 14.8. The van der Waals surface area contributed by atoms with Gasteiger partial charge in [-0.25, -0.2) is 8.42 Å². The van der Waals surface area contributed by atoms with Gasteiger partial charge in [-0.1, -0.05) is 4.89 Å². The second kappa shape index (κ2) is 5.59. The lowest BCUT2D eigenvalue weighted by Gasteiger charge is -2.19. The SMILES string of the molecule is CC(C)(C)ONS(=O)(=O)c1ccc2c(c1)OCCCO2. The minimum atomic E-state index is -3.75. The first-order chi connectivity index (χ1) is 9.28. The molecule has 0 spiro atoms. The van der Waals surface area contributed by atoms with Crippen molar-refractivity contribution in [3.63, 3.8) is 0 Å². The molecule has 1 aliphatic rings. The quantitative estimate of drug-likeness (QED) is 0.863. The Morgan fingerprint density at radius 3 is 2.45 bits per heavy atom. The van der Waals surface area contributed by atoms with Gasteiger partial charge in [-0.3, -0.25) is 4.84 Å². The summed E-state index contributed by atoms with van der Waals surface area (Å²) in [5.41, 5.74) is -0.613. The van der Waals surface area contributed by atoms with Crippen molar-refractivity contribution in [2.75, 3.05) is 13.2 Å². The molecule has 7 heteroatoms. The maximum absolute atomic E-state index is 12.1. The molecule has 0 unspecified atom stereocenters. The molecule has 6 nitrogen and oxygen atoms in total. The van der Waals surface area contributed by atoms with Crippen molar-refractivity contribution in [3.8, 4) is 11.5 Å². The minimum absolute atomic E-state index is 0.0750. The molecule has 1 aliphatic heterocycles. The first kappa shape index (κ1) is 15.1. The van der Waals surface area contributed by atoms with E-state index in [2.05, 4.69) is 4.89 Å². The highest BCUT2D eigenvalue weighted by Crippen LogP contribution is 2.31. The lowest BCUT2D eigenvalue weighted by atomic mass is 10.2. The first-order valence-corrected chi connectivity index (χ1v) is 7.86. The van der Waals surface area contributed by atoms with Crippen LogP contribution < -0.4 is 14.4 Å². The molecular formula is C13H19NO5S. The zero-order valence-corrected chi connectivity index (χ0v) is 12.6. The van der Waals surface area contributed by atoms with Crippen molar-refractivity contribution < 1.29 is 22.7 Å². The number of nitrogens with one attached hydrogen (secondary N) is 1. The third-order valence-corrected chi connectivity index (χ3v) is 3.66. The Labute approximate surface area is 119 Å². The van der Waals surface area contributed by atoms with E-state index < -0.39 is 15.6 Å². The summed E-state index contributed by atoms with van der Waals surface area (Å²) in [6, 6.07) is 4.49. The van der Waals surface area contributed by atoms with Gasteiger partial charge in [0.15, 0.2) is 11.5 Å². The van der Waals surface area contributed by atoms with E-state index in [0.29, 0.717) is 24.7 Å². The van der Waals surface area contributed by atoms with Crippen molar-refractivity contribution in [1.29, 1.82) is 0 Å². The summed E-state index contributed by atoms with van der Waals surface area (Å²) in [6.07, 6.45) is 0.766. The van der Waals surface area contributed by atoms with Crippen LogP contribution in [0, 0.1) is 0 Å². The molecular weight excluding hydrogens is 282 g/mol. The van der Waals surface area contributed by atoms with Gasteiger partial charge in [0.2, 0.25) is 0 Å². The summed E-state index contributed by atoms with van der Waals surface area (Å²) >= 11 is 0. The average Bonchev–Trinajstić information content (AvgIpc) is 2.60. The van der Waals surface area contributed by atoms with Gasteiger partial charge in [-0.05, 0) is 32.9 Å². The predicted octanol–water partition coefficient (Wildman–Crippen LogP) is 1.86. The maximum atomic E-state index is 12.1. The highest BCUT2D eigenvalue weighted by Gasteiger charge is 2.21. The molecule has 1 aromatic carbocycles. The second-order valence-corrected chi connectivity index (χ2v) is 7.11. The summed E-state index contributed by atoms with van der Waals surface area (Å²) in [4.78, 5) is 7.30. The lowest BCUT2D eigenvalue weighted by Crippen LogP contribution is -2.33. The minimum Gasteiger partial charge on any atom is -0.490 e. The molecule has 0 bridgehead atoms. The Kier molecular flexibility index (Phi) is 4.22. The van der Waals surface area contributed by atoms with E-state index in [1.165, 1.54) is 12.1 Å². The fourth-order valence-electron chi connectivity index (χ4n) is 1.54. The highest BCUT2D eigenvalue weighted by atomic mass is 32.2. The van der Waals surface area contributed by atoms with Crippen LogP contribution >= 0.6 is 0 Å². The topological polar surface area (TPSA) is 73.9 Å². The molecule has 0 radical (unpaired) electrons. The third kappa shape index (κ3) is 3.84. The Morgan fingerprint density at radius 2 is 1.80 bits per heavy atom. The fraction of sp³-hybridized carbons (Fsp3) is 0.538. The van der Waals surface area contributed by atoms with Gasteiger partial charge in [0.25, 0.3) is 10.0 Å². The van der Waals surface area contributed by atoms with Crippen LogP contribution in [-0.2, 0) is 14.9 Å². The Bertz CT molecular complexity index is 577. The average molecular weight is 301 g/mol. The number of hydrogen-bond acceptors (Lipinski definition) is 5. The van der Waals surface area contributed by atoms with Gasteiger partial charge in [0.1, 0.15) is 0 Å². The molecule has 2 rings (SSSR count). The van der Waals surface area contributed by atoms with Crippen LogP contribution in [0.15, 0.2) is 23.1 Å². The van der Waals surface area contributed by atoms with Crippen LogP contribution in [0.5, 0.6) is 11.5 Å². The summed E-state index contributed by atoms with van der Waals surface area (Å²) in [6.45, 7) is 6.32. The lowest BCUT2D eigenvalue weighted by molar-refractivity contribution is -0.0357. The highest BCUT2D eigenvalue weighted by molar-refractivity contribution is 7.89. The van der Waals surface area contributed by atoms with Crippen LogP contribution in [0.3, 0.4) is 0 Å². The van der Waals surface area contributed by atoms with Gasteiger partial charge in [-0.15, -0.1) is 0 Å². The predicted molar refractivity (Wildman–Crippen MR) is 73.2 cm³/mol. The molecule has 0 aromatic heterocycles. The molecule has 0 saturated carbocycles. The number of sulfonamides is 1. The molecule has 0 atom stereocenters. The van der Waals surface area contributed by atoms with Gasteiger partial charge in [0, 0.05) is 12.5 Å². The molecule has 0 fully saturated rings. The summed E-state index contributed by atoms with van der Waals surface area (Å²) in [5.74, 6) is 0.985. The first-order valence-electron chi connectivity index (χ1n) is 6.37. The molecule has 0 amide bonds. The standard InChI is InChI=1S/C13H19NO5S/c1-13(2,3)19-14-20(15,16)10-5-6-11-12(9-10)18-8-4-7-17-11/h5-6,9,14H,4,7-8H2,1-3H3. The fourth-order valence-corrected chi connectivity index (χ4v) is 2.50. The largest absolute Gasteiger partial charge is 0.490 e. The summed E-state index contributed by atoms with van der Waals surface area (Å²) < 4.78 is 35.2. The normalized spacial score (nSPS) is 15.8. The number of fused-ring (bicyclic) bond motifs is 1. The number of benzene rings is 1. The maximum Gasteiger partial charge on any atom is 0.262 e. The van der Waals surface area contributed by atoms with Gasteiger partial charge < -0.3 is 9.47 Å². The summed E-state index contributed by atoms with van der Waals surface area (Å²) in [5, 5.41) is 0. The Hall–Kier alpha value is -1.31. The van der Waals surface area contributed by atoms with Gasteiger partial charge in [-0.2, -0.15) is 0 Å². The van der Waals surface area contributed by atoms with Crippen molar-refractivity contribution in [2.24, 2.45) is 0 Å². The monoisotopic (exact) mass is 301 g/mol. The zero-order valence-electron chi connectivity index (χ0n) is 11.8. The molecule has 0 saturated heterocycles. The van der Waals surface area contributed by atoms with E-state index in [4.69, 9.17) is 14.3 Å². The Balaban J connectivity index is 2.22. The summed E-state index contributed by atoms with van der Waals surface area (Å²) in [7, 11) is -3.75. The number of ether oxygens (including phenoxy) is 2. The van der Waals surface area contributed by atoms with Crippen molar-refractivity contribution in [3.05, 3.63) is 18.2 Å². The Morgan fingerprint density at radius 1 is 1.15 bits per heavy atom. The molecule has 112 valence electrons. The van der Waals surface area contributed by atoms with Gasteiger partial charge in [0.05, 0.1) is 23.7 Å². The van der Waals surface area contributed by atoms with Crippen molar-refractivity contribution in [2.45, 2.75) is 37.7 Å². The second-order valence-electron chi connectivity index (χ2n) is 5.46. The molecule has 1 N–H and O–H groups in total. The van der Waals surface area contributed by atoms with Gasteiger partial charge >= 0.3 is 0 Å². The van der Waals surface area contributed by atoms with E-state index in [1.807, 2.05) is 0 Å². The molecule has 0 aliphatic carbocycles. The van der Waals surface area contributed by atoms with E-state index in [9.17, 15) is 8.42 Å². The van der Waals surface area contributed by atoms with Crippen LogP contribution in [0.4, 0.5) is 0 Å². The molecule has 20 heavy (non-hydrogen) atoms. The van der Waals surface area contributed by atoms with Crippen LogP contribution in [0.2, 0.25) is 0 Å². The molecule has 1 aromatic rings. The van der Waals surface area contributed by atoms with E-state index in [-0.39, 0.29) is 4.90 Å². The van der Waals surface area contributed by atoms with E-state index >= 15 is 0 Å². The number of rotatable bonds is 3. The van der Waals surface area contributed by atoms with Crippen molar-refractivity contribution >= 4 is 10.0 Å². The third-order valence-electron chi connectivity index (χ3n) is 2.49. The van der Waals surface area contributed by atoms with E-state index in [1.54, 1.807) is 26.8 Å². The van der Waals surface area contributed by atoms with Crippen LogP contribution in [0.25, 0.3) is 0 Å². The molecule has 1 heterocycles. The van der Waals surface area contributed by atoms with Crippen molar-refractivity contribution in [1.82, 2.24) is 4.89 Å². The smallest absolute Gasteiger partial charge is 0.262 e. The van der Waals surface area contributed by atoms with E-state index in [0.717, 1.165) is 6.42 Å². The van der Waals surface area contributed by atoms with Crippen LogP contribution in [0.1, 0.15) is 27.2 Å².